The maximum absolute atomic E-state index is 12.8. The molecule has 3 rings (SSSR count). The van der Waals surface area contributed by atoms with E-state index in [4.69, 9.17) is 9.47 Å². The van der Waals surface area contributed by atoms with Crippen LogP contribution in [0.4, 0.5) is 4.79 Å². The van der Waals surface area contributed by atoms with Crippen LogP contribution in [0, 0.1) is 3.57 Å². The summed E-state index contributed by atoms with van der Waals surface area (Å²) in [6.45, 7) is 0.253. The highest BCUT2D eigenvalue weighted by Crippen LogP contribution is 2.20. The van der Waals surface area contributed by atoms with Crippen molar-refractivity contribution in [2.75, 3.05) is 0 Å². The Kier molecular flexibility index (Phi) is 8.90. The summed E-state index contributed by atoms with van der Waals surface area (Å²) in [7, 11) is 0. The van der Waals surface area contributed by atoms with E-state index in [9.17, 15) is 9.59 Å². The number of amides is 1. The number of ether oxygens (including phenoxy) is 2. The van der Waals surface area contributed by atoms with Crippen molar-refractivity contribution in [3.63, 3.8) is 0 Å². The second-order valence-electron chi connectivity index (χ2n) is 6.79. The van der Waals surface area contributed by atoms with Gasteiger partial charge in [0, 0.05) is 14.5 Å². The Morgan fingerprint density at radius 3 is 2.03 bits per heavy atom. The Labute approximate surface area is 203 Å². The first-order valence-corrected chi connectivity index (χ1v) is 11.5. The number of carbonyl (C=O) groups is 2. The highest BCUT2D eigenvalue weighted by Gasteiger charge is 2.24. The molecule has 31 heavy (non-hydrogen) atoms. The Hall–Kier alpha value is -2.39. The maximum Gasteiger partial charge on any atom is 0.408 e. The second kappa shape index (κ2) is 11.9. The van der Waals surface area contributed by atoms with Crippen molar-refractivity contribution >= 4 is 50.6 Å². The Balaban J connectivity index is 1.66. The zero-order chi connectivity index (χ0) is 22.1. The summed E-state index contributed by atoms with van der Waals surface area (Å²) >= 11 is 5.64. The van der Waals surface area contributed by atoms with Crippen molar-refractivity contribution in [1.29, 1.82) is 0 Å². The summed E-state index contributed by atoms with van der Waals surface area (Å²) in [5.74, 6) is -0.515. The highest BCUT2D eigenvalue weighted by molar-refractivity contribution is 14.1. The van der Waals surface area contributed by atoms with Crippen LogP contribution >= 0.6 is 38.5 Å². The van der Waals surface area contributed by atoms with Gasteiger partial charge in [-0.2, -0.15) is 0 Å². The minimum atomic E-state index is -0.873. The second-order valence-corrected chi connectivity index (χ2v) is 8.87. The molecule has 0 fully saturated rings. The molecule has 0 aliphatic carbocycles. The normalized spacial score (nSPS) is 11.4. The smallest absolute Gasteiger partial charge is 0.408 e. The van der Waals surface area contributed by atoms with Gasteiger partial charge in [-0.25, -0.2) is 9.59 Å². The van der Waals surface area contributed by atoms with Crippen LogP contribution in [0.1, 0.15) is 16.7 Å². The maximum atomic E-state index is 12.8. The quantitative estimate of drug-likeness (QED) is 0.271. The average molecular weight is 594 g/mol. The standard InChI is InChI=1S/C24H21BrINO4/c25-20-12-11-19(21(26)14-20)13-22(23(28)30-15-17-7-3-1-4-8-17)27-24(29)31-16-18-9-5-2-6-10-18/h1-12,14,22H,13,15-16H2,(H,27,29). The van der Waals surface area contributed by atoms with Gasteiger partial charge < -0.3 is 14.8 Å². The summed E-state index contributed by atoms with van der Waals surface area (Å²) in [5, 5.41) is 2.66. The molecule has 0 aliphatic heterocycles. The molecule has 0 aliphatic rings. The van der Waals surface area contributed by atoms with Gasteiger partial charge in [0.05, 0.1) is 0 Å². The molecule has 160 valence electrons. The fourth-order valence-electron chi connectivity index (χ4n) is 2.84. The van der Waals surface area contributed by atoms with Gasteiger partial charge in [0.1, 0.15) is 19.3 Å². The third-order valence-electron chi connectivity index (χ3n) is 4.45. The molecule has 3 aromatic rings. The summed E-state index contributed by atoms with van der Waals surface area (Å²) in [6, 6.07) is 23.7. The summed E-state index contributed by atoms with van der Waals surface area (Å²) in [6.07, 6.45) is -0.378. The summed E-state index contributed by atoms with van der Waals surface area (Å²) in [4.78, 5) is 25.2. The number of hydrogen-bond donors (Lipinski definition) is 1. The van der Waals surface area contributed by atoms with Gasteiger partial charge in [0.2, 0.25) is 0 Å². The van der Waals surface area contributed by atoms with E-state index >= 15 is 0 Å². The number of hydrogen-bond acceptors (Lipinski definition) is 4. The fraction of sp³-hybridized carbons (Fsp3) is 0.167. The predicted octanol–water partition coefficient (Wildman–Crippen LogP) is 5.63. The van der Waals surface area contributed by atoms with E-state index in [0.717, 1.165) is 24.7 Å². The van der Waals surface area contributed by atoms with Crippen LogP contribution in [-0.4, -0.2) is 18.1 Å². The highest BCUT2D eigenvalue weighted by atomic mass is 127. The Morgan fingerprint density at radius 1 is 0.871 bits per heavy atom. The van der Waals surface area contributed by atoms with Crippen molar-refractivity contribution in [2.45, 2.75) is 25.7 Å². The van der Waals surface area contributed by atoms with Crippen molar-refractivity contribution in [2.24, 2.45) is 0 Å². The van der Waals surface area contributed by atoms with Crippen LogP contribution in [0.5, 0.6) is 0 Å². The topological polar surface area (TPSA) is 64.6 Å². The molecule has 0 bridgehead atoms. The molecular weight excluding hydrogens is 573 g/mol. The number of halogens is 2. The predicted molar refractivity (Wildman–Crippen MR) is 130 cm³/mol. The van der Waals surface area contributed by atoms with Gasteiger partial charge in [0.15, 0.2) is 0 Å². The first-order valence-electron chi connectivity index (χ1n) is 9.63. The van der Waals surface area contributed by atoms with E-state index in [0.29, 0.717) is 6.42 Å². The molecule has 7 heteroatoms. The molecule has 1 N–H and O–H groups in total. The molecule has 0 radical (unpaired) electrons. The molecule has 0 saturated carbocycles. The lowest BCUT2D eigenvalue weighted by Crippen LogP contribution is -2.43. The number of benzene rings is 3. The van der Waals surface area contributed by atoms with E-state index in [2.05, 4.69) is 43.8 Å². The summed E-state index contributed by atoms with van der Waals surface area (Å²) < 4.78 is 12.7. The Morgan fingerprint density at radius 2 is 1.45 bits per heavy atom. The van der Waals surface area contributed by atoms with E-state index in [1.165, 1.54) is 0 Å². The van der Waals surface area contributed by atoms with Gasteiger partial charge in [-0.05, 0) is 51.4 Å². The van der Waals surface area contributed by atoms with Gasteiger partial charge >= 0.3 is 12.1 Å². The monoisotopic (exact) mass is 593 g/mol. The lowest BCUT2D eigenvalue weighted by atomic mass is 10.1. The molecule has 0 aromatic heterocycles. The number of carbonyl (C=O) groups excluding carboxylic acids is 2. The zero-order valence-electron chi connectivity index (χ0n) is 16.6. The third kappa shape index (κ3) is 7.66. The third-order valence-corrected chi connectivity index (χ3v) is 5.95. The largest absolute Gasteiger partial charge is 0.459 e. The zero-order valence-corrected chi connectivity index (χ0v) is 20.3. The molecule has 0 saturated heterocycles. The molecular formula is C24H21BrINO4. The van der Waals surface area contributed by atoms with Crippen molar-refractivity contribution in [1.82, 2.24) is 5.32 Å². The lowest BCUT2D eigenvalue weighted by Gasteiger charge is -2.18. The molecule has 1 amide bonds. The lowest BCUT2D eigenvalue weighted by molar-refractivity contribution is -0.147. The van der Waals surface area contributed by atoms with Crippen LogP contribution in [0.2, 0.25) is 0 Å². The van der Waals surface area contributed by atoms with E-state index in [-0.39, 0.29) is 13.2 Å². The minimum absolute atomic E-state index is 0.119. The van der Waals surface area contributed by atoms with Crippen LogP contribution in [0.15, 0.2) is 83.3 Å². The molecule has 0 spiro atoms. The first kappa shape index (κ1) is 23.3. The number of nitrogens with one attached hydrogen (secondary N) is 1. The van der Waals surface area contributed by atoms with Gasteiger partial charge in [0.25, 0.3) is 0 Å². The number of rotatable bonds is 8. The van der Waals surface area contributed by atoms with Crippen LogP contribution in [0.25, 0.3) is 0 Å². The molecule has 1 atom stereocenters. The van der Waals surface area contributed by atoms with Crippen molar-refractivity contribution in [3.8, 4) is 0 Å². The molecule has 5 nitrogen and oxygen atoms in total. The average Bonchev–Trinajstić information content (AvgIpc) is 2.78. The van der Waals surface area contributed by atoms with Crippen molar-refractivity contribution in [3.05, 3.63) is 104 Å². The Bertz CT molecular complexity index is 1010. The number of esters is 1. The van der Waals surface area contributed by atoms with Crippen molar-refractivity contribution < 1.29 is 19.1 Å². The van der Waals surface area contributed by atoms with E-state index < -0.39 is 18.1 Å². The molecule has 1 unspecified atom stereocenters. The number of alkyl carbamates (subject to hydrolysis) is 1. The molecule has 0 heterocycles. The first-order chi connectivity index (χ1) is 15.0. The van der Waals surface area contributed by atoms with Gasteiger partial charge in [-0.3, -0.25) is 0 Å². The van der Waals surface area contributed by atoms with Crippen LogP contribution < -0.4 is 5.32 Å². The fourth-order valence-corrected chi connectivity index (χ4v) is 4.36. The van der Waals surface area contributed by atoms with E-state index in [1.54, 1.807) is 0 Å². The summed E-state index contributed by atoms with van der Waals surface area (Å²) in [5.41, 5.74) is 2.66. The van der Waals surface area contributed by atoms with Crippen LogP contribution in [-0.2, 0) is 33.9 Å². The van der Waals surface area contributed by atoms with Gasteiger partial charge in [-0.1, -0.05) is 82.7 Å². The minimum Gasteiger partial charge on any atom is -0.459 e. The molecule has 3 aromatic carbocycles. The SMILES string of the molecule is O=C(NC(Cc1ccc(Br)cc1I)C(=O)OCc1ccccc1)OCc1ccccc1. The van der Waals surface area contributed by atoms with Gasteiger partial charge in [-0.15, -0.1) is 0 Å². The van der Waals surface area contributed by atoms with E-state index in [1.807, 2.05) is 78.9 Å². The van der Waals surface area contributed by atoms with Crippen LogP contribution in [0.3, 0.4) is 0 Å².